The van der Waals surface area contributed by atoms with Gasteiger partial charge in [-0.05, 0) is 30.9 Å². The van der Waals surface area contributed by atoms with Crippen molar-refractivity contribution in [1.29, 1.82) is 0 Å². The predicted octanol–water partition coefficient (Wildman–Crippen LogP) is 3.46. The number of carbonyl (C=O) groups is 1. The lowest BCUT2D eigenvalue weighted by atomic mass is 10.2. The number of amides is 1. The average molecular weight is 320 g/mol. The van der Waals surface area contributed by atoms with Crippen molar-refractivity contribution in [3.8, 4) is 0 Å². The average Bonchev–Trinajstić information content (AvgIpc) is 2.31. The van der Waals surface area contributed by atoms with E-state index in [9.17, 15) is 9.18 Å². The maximum absolute atomic E-state index is 13.4. The molecule has 5 heteroatoms. The molecule has 0 heterocycles. The van der Waals surface area contributed by atoms with Crippen LogP contribution < -0.4 is 5.32 Å². The minimum atomic E-state index is -0.497. The fraction of sp³-hybridized carbons (Fsp3) is 0.417. The molecular formula is C12H15BrFNOS. The minimum absolute atomic E-state index is 0.0798. The standard InChI is InChI=1S/C12H15BrFNOS/c1-8(17-2)5-6-15-12(16)10-7-9(13)3-4-11(10)14/h3-4,7-8H,5-6H2,1-2H3,(H,15,16). The first-order valence-corrected chi connectivity index (χ1v) is 7.38. The first kappa shape index (κ1) is 14.5. The van der Waals surface area contributed by atoms with Gasteiger partial charge in [-0.1, -0.05) is 22.9 Å². The fourth-order valence-electron chi connectivity index (χ4n) is 1.27. The van der Waals surface area contributed by atoms with Gasteiger partial charge in [-0.3, -0.25) is 4.79 Å². The molecule has 94 valence electrons. The van der Waals surface area contributed by atoms with Gasteiger partial charge in [-0.15, -0.1) is 0 Å². The number of halogens is 2. The largest absolute Gasteiger partial charge is 0.352 e. The van der Waals surface area contributed by atoms with E-state index in [1.165, 1.54) is 12.1 Å². The molecule has 1 amide bonds. The van der Waals surface area contributed by atoms with Gasteiger partial charge in [0.2, 0.25) is 0 Å². The minimum Gasteiger partial charge on any atom is -0.352 e. The smallest absolute Gasteiger partial charge is 0.254 e. The van der Waals surface area contributed by atoms with Crippen molar-refractivity contribution in [1.82, 2.24) is 5.32 Å². The number of rotatable bonds is 5. The Morgan fingerprint density at radius 2 is 2.29 bits per heavy atom. The second-order valence-corrected chi connectivity index (χ2v) is 5.91. The number of thioether (sulfide) groups is 1. The normalized spacial score (nSPS) is 12.2. The Labute approximate surface area is 113 Å². The van der Waals surface area contributed by atoms with Crippen LogP contribution in [0.4, 0.5) is 4.39 Å². The van der Waals surface area contributed by atoms with E-state index < -0.39 is 5.82 Å². The highest BCUT2D eigenvalue weighted by atomic mass is 79.9. The van der Waals surface area contributed by atoms with E-state index in [4.69, 9.17) is 0 Å². The molecule has 17 heavy (non-hydrogen) atoms. The lowest BCUT2D eigenvalue weighted by Gasteiger charge is -2.09. The molecule has 0 radical (unpaired) electrons. The van der Waals surface area contributed by atoms with Gasteiger partial charge in [0, 0.05) is 16.3 Å². The quantitative estimate of drug-likeness (QED) is 0.900. The molecule has 1 aromatic rings. The number of carbonyl (C=O) groups excluding carboxylic acids is 1. The third-order valence-corrected chi connectivity index (χ3v) is 3.95. The SMILES string of the molecule is CSC(C)CCNC(=O)c1cc(Br)ccc1F. The van der Waals surface area contributed by atoms with Crippen LogP contribution in [0.1, 0.15) is 23.7 Å². The Bertz CT molecular complexity index is 400. The number of nitrogens with one attached hydrogen (secondary N) is 1. The molecule has 1 N–H and O–H groups in total. The maximum atomic E-state index is 13.4. The van der Waals surface area contributed by atoms with Crippen LogP contribution in [0.15, 0.2) is 22.7 Å². The summed E-state index contributed by atoms with van der Waals surface area (Å²) < 4.78 is 14.1. The van der Waals surface area contributed by atoms with Gasteiger partial charge in [-0.25, -0.2) is 4.39 Å². The van der Waals surface area contributed by atoms with Crippen molar-refractivity contribution in [2.45, 2.75) is 18.6 Å². The van der Waals surface area contributed by atoms with Gasteiger partial charge in [0.05, 0.1) is 5.56 Å². The van der Waals surface area contributed by atoms with E-state index in [1.807, 2.05) is 6.26 Å². The highest BCUT2D eigenvalue weighted by Crippen LogP contribution is 2.15. The molecule has 0 fully saturated rings. The summed E-state index contributed by atoms with van der Waals surface area (Å²) in [5.74, 6) is -0.860. The summed E-state index contributed by atoms with van der Waals surface area (Å²) in [4.78, 5) is 11.7. The Morgan fingerprint density at radius 3 is 2.94 bits per heavy atom. The molecule has 0 spiro atoms. The van der Waals surface area contributed by atoms with Crippen LogP contribution in [0.5, 0.6) is 0 Å². The summed E-state index contributed by atoms with van der Waals surface area (Å²) in [5, 5.41) is 3.21. The second-order valence-electron chi connectivity index (χ2n) is 3.72. The molecule has 0 bridgehead atoms. The van der Waals surface area contributed by atoms with Gasteiger partial charge in [0.25, 0.3) is 5.91 Å². The molecule has 1 aromatic carbocycles. The van der Waals surface area contributed by atoms with E-state index in [0.29, 0.717) is 16.3 Å². The predicted molar refractivity (Wildman–Crippen MR) is 74.0 cm³/mol. The molecule has 0 aliphatic carbocycles. The van der Waals surface area contributed by atoms with Gasteiger partial charge in [-0.2, -0.15) is 11.8 Å². The van der Waals surface area contributed by atoms with Crippen LogP contribution in [0, 0.1) is 5.82 Å². The van der Waals surface area contributed by atoms with Crippen LogP contribution in [-0.2, 0) is 0 Å². The van der Waals surface area contributed by atoms with Crippen LogP contribution >= 0.6 is 27.7 Å². The molecular weight excluding hydrogens is 305 g/mol. The van der Waals surface area contributed by atoms with Gasteiger partial charge in [0.1, 0.15) is 5.82 Å². The zero-order chi connectivity index (χ0) is 12.8. The summed E-state index contributed by atoms with van der Waals surface area (Å²) in [7, 11) is 0. The highest BCUT2D eigenvalue weighted by Gasteiger charge is 2.11. The fourth-order valence-corrected chi connectivity index (χ4v) is 1.99. The third kappa shape index (κ3) is 4.68. The topological polar surface area (TPSA) is 29.1 Å². The van der Waals surface area contributed by atoms with Gasteiger partial charge < -0.3 is 5.32 Å². The summed E-state index contributed by atoms with van der Waals surface area (Å²) in [5.41, 5.74) is 0.0798. The third-order valence-electron chi connectivity index (χ3n) is 2.41. The van der Waals surface area contributed by atoms with Gasteiger partial charge in [0.15, 0.2) is 0 Å². The number of hydrogen-bond donors (Lipinski definition) is 1. The van der Waals surface area contributed by atoms with E-state index in [1.54, 1.807) is 17.8 Å². The second kappa shape index (κ2) is 7.01. The maximum Gasteiger partial charge on any atom is 0.254 e. The molecule has 1 rings (SSSR count). The monoisotopic (exact) mass is 319 g/mol. The zero-order valence-corrected chi connectivity index (χ0v) is 12.2. The summed E-state index contributed by atoms with van der Waals surface area (Å²) in [6, 6.07) is 4.34. The first-order valence-electron chi connectivity index (χ1n) is 5.30. The van der Waals surface area contributed by atoms with Crippen molar-refractivity contribution >= 4 is 33.6 Å². The van der Waals surface area contributed by atoms with Crippen LogP contribution in [0.3, 0.4) is 0 Å². The molecule has 0 saturated heterocycles. The molecule has 1 atom stereocenters. The van der Waals surface area contributed by atoms with Crippen LogP contribution in [0.2, 0.25) is 0 Å². The van der Waals surface area contributed by atoms with E-state index in [2.05, 4.69) is 28.2 Å². The van der Waals surface area contributed by atoms with Crippen molar-refractivity contribution in [2.75, 3.05) is 12.8 Å². The van der Waals surface area contributed by atoms with Crippen molar-refractivity contribution in [3.05, 3.63) is 34.1 Å². The highest BCUT2D eigenvalue weighted by molar-refractivity contribution is 9.10. The number of hydrogen-bond acceptors (Lipinski definition) is 2. The number of benzene rings is 1. The Balaban J connectivity index is 2.55. The first-order chi connectivity index (χ1) is 8.04. The van der Waals surface area contributed by atoms with Crippen molar-refractivity contribution < 1.29 is 9.18 Å². The summed E-state index contributed by atoms with van der Waals surface area (Å²) in [6.07, 6.45) is 2.91. The molecule has 0 aromatic heterocycles. The molecule has 0 aliphatic rings. The van der Waals surface area contributed by atoms with E-state index in [-0.39, 0.29) is 11.5 Å². The summed E-state index contributed by atoms with van der Waals surface area (Å²) in [6.45, 7) is 2.66. The lowest BCUT2D eigenvalue weighted by Crippen LogP contribution is -2.26. The van der Waals surface area contributed by atoms with Crippen molar-refractivity contribution in [2.24, 2.45) is 0 Å². The molecule has 0 saturated carbocycles. The van der Waals surface area contributed by atoms with Crippen LogP contribution in [-0.4, -0.2) is 24.0 Å². The van der Waals surface area contributed by atoms with Crippen molar-refractivity contribution in [3.63, 3.8) is 0 Å². The van der Waals surface area contributed by atoms with E-state index >= 15 is 0 Å². The van der Waals surface area contributed by atoms with Crippen LogP contribution in [0.25, 0.3) is 0 Å². The molecule has 1 unspecified atom stereocenters. The van der Waals surface area contributed by atoms with E-state index in [0.717, 1.165) is 6.42 Å². The Kier molecular flexibility index (Phi) is 5.98. The molecule has 2 nitrogen and oxygen atoms in total. The van der Waals surface area contributed by atoms with Gasteiger partial charge >= 0.3 is 0 Å². The Hall–Kier alpha value is -0.550. The Morgan fingerprint density at radius 1 is 1.59 bits per heavy atom. The molecule has 0 aliphatic heterocycles. The summed E-state index contributed by atoms with van der Waals surface area (Å²) >= 11 is 4.96. The zero-order valence-electron chi connectivity index (χ0n) is 9.80. The lowest BCUT2D eigenvalue weighted by molar-refractivity contribution is 0.0949.